The van der Waals surface area contributed by atoms with Gasteiger partial charge < -0.3 is 9.80 Å². The van der Waals surface area contributed by atoms with E-state index in [-0.39, 0.29) is 5.91 Å². The molecule has 7 nitrogen and oxygen atoms in total. The second kappa shape index (κ2) is 8.88. The number of piperazine rings is 1. The molecule has 0 aliphatic carbocycles. The van der Waals surface area contributed by atoms with Gasteiger partial charge in [0.2, 0.25) is 5.91 Å². The molecule has 8 heteroatoms. The van der Waals surface area contributed by atoms with Crippen molar-refractivity contribution in [2.24, 2.45) is 0 Å². The average Bonchev–Trinajstić information content (AvgIpc) is 3.30. The van der Waals surface area contributed by atoms with Crippen LogP contribution in [-0.4, -0.2) is 62.5 Å². The number of anilines is 1. The lowest BCUT2D eigenvalue weighted by Gasteiger charge is -2.35. The molecule has 3 heterocycles. The van der Waals surface area contributed by atoms with E-state index in [9.17, 15) is 4.79 Å². The van der Waals surface area contributed by atoms with Gasteiger partial charge in [-0.2, -0.15) is 0 Å². The highest BCUT2D eigenvalue weighted by atomic mass is 32.2. The Kier molecular flexibility index (Phi) is 5.86. The van der Waals surface area contributed by atoms with Gasteiger partial charge in [0.25, 0.3) is 0 Å². The quantitative estimate of drug-likeness (QED) is 0.639. The monoisotopic (exact) mass is 394 g/mol. The summed E-state index contributed by atoms with van der Waals surface area (Å²) in [5.41, 5.74) is 1.25. The molecule has 0 bridgehead atoms. The molecule has 28 heavy (non-hydrogen) atoms. The first-order chi connectivity index (χ1) is 13.8. The van der Waals surface area contributed by atoms with Gasteiger partial charge in [0, 0.05) is 44.3 Å². The first-order valence-electron chi connectivity index (χ1n) is 9.26. The summed E-state index contributed by atoms with van der Waals surface area (Å²) in [5.74, 6) is 3.18. The standard InChI is InChI=1S/C20H22N6OS/c27-20(15-28-14-17-4-2-1-3-5-17)25-12-10-24(11-13-25)18-6-7-19(23-22-18)26-9-8-21-16-26/h1-9,16H,10-15H2. The summed E-state index contributed by atoms with van der Waals surface area (Å²) in [4.78, 5) is 20.6. The first kappa shape index (κ1) is 18.5. The fraction of sp³-hybridized carbons (Fsp3) is 0.300. The Balaban J connectivity index is 1.24. The molecule has 1 aliphatic rings. The highest BCUT2D eigenvalue weighted by molar-refractivity contribution is 7.99. The number of benzene rings is 1. The average molecular weight is 395 g/mol. The van der Waals surface area contributed by atoms with Crippen molar-refractivity contribution in [2.45, 2.75) is 5.75 Å². The topological polar surface area (TPSA) is 67.2 Å². The van der Waals surface area contributed by atoms with Crippen molar-refractivity contribution in [3.63, 3.8) is 0 Å². The van der Waals surface area contributed by atoms with Crippen molar-refractivity contribution < 1.29 is 4.79 Å². The number of aromatic nitrogens is 4. The van der Waals surface area contributed by atoms with Gasteiger partial charge in [-0.1, -0.05) is 30.3 Å². The minimum Gasteiger partial charge on any atom is -0.352 e. The van der Waals surface area contributed by atoms with E-state index < -0.39 is 0 Å². The van der Waals surface area contributed by atoms with Crippen molar-refractivity contribution >= 4 is 23.5 Å². The lowest BCUT2D eigenvalue weighted by atomic mass is 10.2. The third-order valence-electron chi connectivity index (χ3n) is 4.70. The molecule has 0 N–H and O–H groups in total. The van der Waals surface area contributed by atoms with E-state index >= 15 is 0 Å². The summed E-state index contributed by atoms with van der Waals surface area (Å²) in [5, 5.41) is 8.60. The third-order valence-corrected chi connectivity index (χ3v) is 5.69. The van der Waals surface area contributed by atoms with Gasteiger partial charge in [-0.3, -0.25) is 9.36 Å². The van der Waals surface area contributed by atoms with Gasteiger partial charge in [-0.05, 0) is 17.7 Å². The molecular weight excluding hydrogens is 372 g/mol. The van der Waals surface area contributed by atoms with E-state index in [0.717, 1.165) is 43.6 Å². The van der Waals surface area contributed by atoms with Crippen molar-refractivity contribution in [3.05, 3.63) is 66.7 Å². The number of imidazole rings is 1. The highest BCUT2D eigenvalue weighted by Crippen LogP contribution is 2.16. The Hall–Kier alpha value is -2.87. The molecule has 2 aromatic heterocycles. The molecule has 0 saturated carbocycles. The van der Waals surface area contributed by atoms with Gasteiger partial charge >= 0.3 is 0 Å². The number of thioether (sulfide) groups is 1. The number of nitrogens with zero attached hydrogens (tertiary/aromatic N) is 6. The summed E-state index contributed by atoms with van der Waals surface area (Å²) in [6.45, 7) is 2.98. The predicted octanol–water partition coefficient (Wildman–Crippen LogP) is 2.24. The maximum Gasteiger partial charge on any atom is 0.232 e. The Labute approximate surface area is 168 Å². The van der Waals surface area contributed by atoms with Crippen LogP contribution in [0.25, 0.3) is 5.82 Å². The zero-order valence-corrected chi connectivity index (χ0v) is 16.3. The van der Waals surface area contributed by atoms with Crippen LogP contribution in [0.5, 0.6) is 0 Å². The molecule has 144 valence electrons. The fourth-order valence-electron chi connectivity index (χ4n) is 3.13. The summed E-state index contributed by atoms with van der Waals surface area (Å²) < 4.78 is 1.82. The number of rotatable bonds is 6. The molecule has 0 unspecified atom stereocenters. The lowest BCUT2D eigenvalue weighted by Crippen LogP contribution is -2.49. The molecule has 0 atom stereocenters. The van der Waals surface area contributed by atoms with Crippen molar-refractivity contribution in [1.82, 2.24) is 24.6 Å². The Morgan fingerprint density at radius 3 is 2.39 bits per heavy atom. The normalized spacial score (nSPS) is 14.3. The number of carbonyl (C=O) groups excluding carboxylic acids is 1. The summed E-state index contributed by atoms with van der Waals surface area (Å²) >= 11 is 1.67. The SMILES string of the molecule is O=C(CSCc1ccccc1)N1CCN(c2ccc(-n3ccnc3)nn2)CC1. The van der Waals surface area contributed by atoms with E-state index in [1.165, 1.54) is 5.56 Å². The molecule has 3 aromatic rings. The van der Waals surface area contributed by atoms with Crippen LogP contribution in [0.4, 0.5) is 5.82 Å². The number of amides is 1. The van der Waals surface area contributed by atoms with Gasteiger partial charge in [-0.25, -0.2) is 4.98 Å². The Morgan fingerprint density at radius 2 is 1.71 bits per heavy atom. The van der Waals surface area contributed by atoms with E-state index in [2.05, 4.69) is 32.2 Å². The third kappa shape index (κ3) is 4.51. The molecule has 1 amide bonds. The van der Waals surface area contributed by atoms with Crippen LogP contribution in [0.1, 0.15) is 5.56 Å². The van der Waals surface area contributed by atoms with Crippen molar-refractivity contribution in [2.75, 3.05) is 36.8 Å². The molecule has 1 saturated heterocycles. The van der Waals surface area contributed by atoms with Crippen molar-refractivity contribution in [3.8, 4) is 5.82 Å². The predicted molar refractivity (Wildman–Crippen MR) is 111 cm³/mol. The number of hydrogen-bond donors (Lipinski definition) is 0. The summed E-state index contributed by atoms with van der Waals surface area (Å²) in [7, 11) is 0. The number of hydrogen-bond acceptors (Lipinski definition) is 6. The van der Waals surface area contributed by atoms with E-state index in [1.54, 1.807) is 24.3 Å². The van der Waals surface area contributed by atoms with E-state index in [4.69, 9.17) is 0 Å². The number of carbonyl (C=O) groups is 1. The zero-order valence-electron chi connectivity index (χ0n) is 15.5. The van der Waals surface area contributed by atoms with Crippen LogP contribution in [0.3, 0.4) is 0 Å². The van der Waals surface area contributed by atoms with E-state index in [0.29, 0.717) is 5.75 Å². The molecule has 0 radical (unpaired) electrons. The fourth-order valence-corrected chi connectivity index (χ4v) is 4.01. The summed E-state index contributed by atoms with van der Waals surface area (Å²) in [6.07, 6.45) is 5.25. The van der Waals surface area contributed by atoms with Crippen LogP contribution in [0, 0.1) is 0 Å². The van der Waals surface area contributed by atoms with Gasteiger partial charge in [0.15, 0.2) is 11.6 Å². The molecular formula is C20H22N6OS. The van der Waals surface area contributed by atoms with Crippen LogP contribution in [0.15, 0.2) is 61.2 Å². The molecule has 1 aliphatic heterocycles. The maximum atomic E-state index is 12.5. The summed E-state index contributed by atoms with van der Waals surface area (Å²) in [6, 6.07) is 14.2. The van der Waals surface area contributed by atoms with Gasteiger partial charge in [0.1, 0.15) is 6.33 Å². The van der Waals surface area contributed by atoms with Crippen LogP contribution >= 0.6 is 11.8 Å². The largest absolute Gasteiger partial charge is 0.352 e. The minimum absolute atomic E-state index is 0.210. The van der Waals surface area contributed by atoms with Crippen LogP contribution in [-0.2, 0) is 10.5 Å². The van der Waals surface area contributed by atoms with Gasteiger partial charge in [-0.15, -0.1) is 22.0 Å². The Bertz CT molecular complexity index is 877. The van der Waals surface area contributed by atoms with E-state index in [1.807, 2.05) is 46.0 Å². The Morgan fingerprint density at radius 1 is 0.964 bits per heavy atom. The van der Waals surface area contributed by atoms with Crippen molar-refractivity contribution in [1.29, 1.82) is 0 Å². The minimum atomic E-state index is 0.210. The smallest absolute Gasteiger partial charge is 0.232 e. The second-order valence-corrected chi connectivity index (χ2v) is 7.55. The molecule has 1 fully saturated rings. The van der Waals surface area contributed by atoms with Gasteiger partial charge in [0.05, 0.1) is 5.75 Å². The molecule has 1 aromatic carbocycles. The second-order valence-electron chi connectivity index (χ2n) is 6.57. The van der Waals surface area contributed by atoms with Crippen LogP contribution in [0.2, 0.25) is 0 Å². The highest BCUT2D eigenvalue weighted by Gasteiger charge is 2.22. The maximum absolute atomic E-state index is 12.5. The first-order valence-corrected chi connectivity index (χ1v) is 10.4. The molecule has 4 rings (SSSR count). The molecule has 0 spiro atoms. The van der Waals surface area contributed by atoms with Crippen LogP contribution < -0.4 is 4.90 Å². The zero-order chi connectivity index (χ0) is 19.2. The lowest BCUT2D eigenvalue weighted by molar-refractivity contribution is -0.128.